The van der Waals surface area contributed by atoms with Gasteiger partial charge in [-0.05, 0) is 78.1 Å². The van der Waals surface area contributed by atoms with Crippen LogP contribution in [0.25, 0.3) is 0 Å². The lowest BCUT2D eigenvalue weighted by atomic mass is 10.3. The molecule has 88 valence electrons. The lowest BCUT2D eigenvalue weighted by Gasteiger charge is -2.08. The van der Waals surface area contributed by atoms with E-state index in [4.69, 9.17) is 4.74 Å². The highest BCUT2D eigenvalue weighted by molar-refractivity contribution is 9.14. The highest BCUT2D eigenvalue weighted by atomic mass is 79.9. The fourth-order valence-electron chi connectivity index (χ4n) is 1.26. The monoisotopic (exact) mass is 482 g/mol. The molecule has 0 aliphatic carbocycles. The van der Waals surface area contributed by atoms with E-state index in [9.17, 15) is 0 Å². The Morgan fingerprint density at radius 3 is 2.00 bits per heavy atom. The molecule has 0 radical (unpaired) electrons. The third-order valence-corrected chi connectivity index (χ3v) is 5.65. The Balaban J connectivity index is 2.31. The fraction of sp³-hybridized carbons (Fsp3) is 0. The molecular formula is C12H6Br4O. The molecule has 0 aromatic heterocycles. The van der Waals surface area contributed by atoms with Crippen LogP contribution in [-0.4, -0.2) is 0 Å². The summed E-state index contributed by atoms with van der Waals surface area (Å²) in [5, 5.41) is 0. The summed E-state index contributed by atoms with van der Waals surface area (Å²) in [4.78, 5) is 0. The van der Waals surface area contributed by atoms with Crippen LogP contribution in [0.2, 0.25) is 0 Å². The van der Waals surface area contributed by atoms with Gasteiger partial charge in [0.25, 0.3) is 0 Å². The highest BCUT2D eigenvalue weighted by Gasteiger charge is 2.06. The zero-order chi connectivity index (χ0) is 12.4. The first-order valence-electron chi connectivity index (χ1n) is 4.64. The van der Waals surface area contributed by atoms with Crippen LogP contribution in [0.3, 0.4) is 0 Å². The molecule has 0 amide bonds. The van der Waals surface area contributed by atoms with Gasteiger partial charge in [-0.15, -0.1) is 0 Å². The second-order valence-electron chi connectivity index (χ2n) is 3.26. The van der Waals surface area contributed by atoms with Gasteiger partial charge >= 0.3 is 0 Å². The van der Waals surface area contributed by atoms with Crippen LogP contribution >= 0.6 is 63.7 Å². The van der Waals surface area contributed by atoms with Crippen molar-refractivity contribution in [2.45, 2.75) is 0 Å². The summed E-state index contributed by atoms with van der Waals surface area (Å²) >= 11 is 13.8. The molecule has 0 saturated heterocycles. The van der Waals surface area contributed by atoms with E-state index in [-0.39, 0.29) is 0 Å². The van der Waals surface area contributed by atoms with Gasteiger partial charge in [0.15, 0.2) is 0 Å². The average molecular weight is 486 g/mol. The maximum Gasteiger partial charge on any atom is 0.129 e. The number of benzene rings is 2. The first-order valence-corrected chi connectivity index (χ1v) is 7.81. The van der Waals surface area contributed by atoms with Crippen LogP contribution in [0.15, 0.2) is 54.3 Å². The second kappa shape index (κ2) is 5.87. The van der Waals surface area contributed by atoms with E-state index in [0.29, 0.717) is 0 Å². The van der Waals surface area contributed by atoms with Crippen molar-refractivity contribution in [3.8, 4) is 11.5 Å². The van der Waals surface area contributed by atoms with Gasteiger partial charge in [-0.2, -0.15) is 0 Å². The van der Waals surface area contributed by atoms with Gasteiger partial charge in [0.1, 0.15) is 11.5 Å². The molecule has 1 nitrogen and oxygen atoms in total. The topological polar surface area (TPSA) is 9.23 Å². The van der Waals surface area contributed by atoms with E-state index in [1.807, 2.05) is 36.4 Å². The molecule has 0 saturated carbocycles. The Hall–Kier alpha value is 0.160. The first-order chi connectivity index (χ1) is 8.06. The molecule has 0 N–H and O–H groups in total. The van der Waals surface area contributed by atoms with Crippen LogP contribution in [-0.2, 0) is 0 Å². The van der Waals surface area contributed by atoms with E-state index in [1.54, 1.807) is 0 Å². The Morgan fingerprint density at radius 1 is 0.765 bits per heavy atom. The number of halogens is 4. The van der Waals surface area contributed by atoms with E-state index in [1.165, 1.54) is 0 Å². The third-order valence-electron chi connectivity index (χ3n) is 1.99. The minimum atomic E-state index is 0.769. The summed E-state index contributed by atoms with van der Waals surface area (Å²) < 4.78 is 9.61. The van der Waals surface area contributed by atoms with Crippen molar-refractivity contribution in [2.24, 2.45) is 0 Å². The summed E-state index contributed by atoms with van der Waals surface area (Å²) in [6.45, 7) is 0. The van der Waals surface area contributed by atoms with Crippen LogP contribution in [0.1, 0.15) is 0 Å². The minimum absolute atomic E-state index is 0.769. The van der Waals surface area contributed by atoms with E-state index < -0.39 is 0 Å². The van der Waals surface area contributed by atoms with Crippen molar-refractivity contribution in [2.75, 3.05) is 0 Å². The van der Waals surface area contributed by atoms with E-state index in [2.05, 4.69) is 63.7 Å². The average Bonchev–Trinajstić information content (AvgIpc) is 2.26. The molecule has 0 unspecified atom stereocenters. The highest BCUT2D eigenvalue weighted by Crippen LogP contribution is 2.36. The van der Waals surface area contributed by atoms with Gasteiger partial charge in [0.05, 0.1) is 0 Å². The summed E-state index contributed by atoms with van der Waals surface area (Å²) in [6.07, 6.45) is 0. The van der Waals surface area contributed by atoms with E-state index in [0.717, 1.165) is 29.4 Å². The lowest BCUT2D eigenvalue weighted by Crippen LogP contribution is -1.85. The van der Waals surface area contributed by atoms with Gasteiger partial charge in [-0.1, -0.05) is 22.0 Å². The molecule has 0 aliphatic rings. The van der Waals surface area contributed by atoms with E-state index >= 15 is 0 Å². The quantitative estimate of drug-likeness (QED) is 0.440. The minimum Gasteiger partial charge on any atom is -0.457 e. The van der Waals surface area contributed by atoms with Crippen LogP contribution in [0.5, 0.6) is 11.5 Å². The maximum atomic E-state index is 5.76. The van der Waals surface area contributed by atoms with Crippen molar-refractivity contribution >= 4 is 63.7 Å². The van der Waals surface area contributed by atoms with Gasteiger partial charge < -0.3 is 4.74 Å². The fourth-order valence-corrected chi connectivity index (χ4v) is 3.01. The van der Waals surface area contributed by atoms with Crippen LogP contribution in [0, 0.1) is 0 Å². The molecule has 2 aromatic carbocycles. The van der Waals surface area contributed by atoms with Crippen molar-refractivity contribution in [1.29, 1.82) is 0 Å². The summed E-state index contributed by atoms with van der Waals surface area (Å²) in [5.41, 5.74) is 0. The zero-order valence-electron chi connectivity index (χ0n) is 8.38. The smallest absolute Gasteiger partial charge is 0.129 e. The molecule has 0 fully saturated rings. The Morgan fingerprint density at radius 2 is 1.41 bits per heavy atom. The maximum absolute atomic E-state index is 5.76. The van der Waals surface area contributed by atoms with Crippen molar-refractivity contribution in [3.05, 3.63) is 54.3 Å². The molecule has 0 aliphatic heterocycles. The number of hydrogen-bond acceptors (Lipinski definition) is 1. The lowest BCUT2D eigenvalue weighted by molar-refractivity contribution is 0.481. The summed E-state index contributed by atoms with van der Waals surface area (Å²) in [5.74, 6) is 1.56. The predicted molar refractivity (Wildman–Crippen MR) is 83.8 cm³/mol. The van der Waals surface area contributed by atoms with Gasteiger partial charge in [-0.3, -0.25) is 0 Å². The Bertz CT molecular complexity index is 531. The molecule has 0 spiro atoms. The molecular weight excluding hydrogens is 480 g/mol. The molecule has 2 aromatic rings. The Labute approximate surface area is 133 Å². The number of ether oxygens (including phenoxy) is 1. The number of rotatable bonds is 2. The second-order valence-corrected chi connectivity index (χ2v) is 6.68. The van der Waals surface area contributed by atoms with Crippen LogP contribution < -0.4 is 4.74 Å². The largest absolute Gasteiger partial charge is 0.457 e. The zero-order valence-corrected chi connectivity index (χ0v) is 14.7. The molecule has 0 atom stereocenters. The Kier molecular flexibility index (Phi) is 4.69. The SMILES string of the molecule is Brc1cccc(Oc2cc(Br)c(Br)c(Br)c2)c1. The third kappa shape index (κ3) is 3.56. The number of hydrogen-bond donors (Lipinski definition) is 0. The van der Waals surface area contributed by atoms with Gasteiger partial charge in [0.2, 0.25) is 0 Å². The molecule has 17 heavy (non-hydrogen) atoms. The molecule has 0 heterocycles. The molecule has 5 heteroatoms. The van der Waals surface area contributed by atoms with Crippen molar-refractivity contribution in [3.63, 3.8) is 0 Å². The van der Waals surface area contributed by atoms with Crippen LogP contribution in [0.4, 0.5) is 0 Å². The predicted octanol–water partition coefficient (Wildman–Crippen LogP) is 6.53. The molecule has 2 rings (SSSR count). The molecule has 0 bridgehead atoms. The normalized spacial score (nSPS) is 10.4. The van der Waals surface area contributed by atoms with Gasteiger partial charge in [0, 0.05) is 17.9 Å². The van der Waals surface area contributed by atoms with Crippen molar-refractivity contribution in [1.82, 2.24) is 0 Å². The first kappa shape index (κ1) is 13.6. The standard InChI is InChI=1S/C12H6Br4O/c13-7-2-1-3-8(4-7)17-9-5-10(14)12(16)11(15)6-9/h1-6H. The summed E-state index contributed by atoms with van der Waals surface area (Å²) in [6, 6.07) is 11.5. The summed E-state index contributed by atoms with van der Waals surface area (Å²) in [7, 11) is 0. The van der Waals surface area contributed by atoms with Gasteiger partial charge in [-0.25, -0.2) is 0 Å². The van der Waals surface area contributed by atoms with Crippen molar-refractivity contribution < 1.29 is 4.74 Å².